The molecule has 0 aliphatic heterocycles. The molecule has 0 radical (unpaired) electrons. The van der Waals surface area contributed by atoms with E-state index in [1.165, 1.54) is 0 Å². The molecule has 3 aromatic rings. The van der Waals surface area contributed by atoms with Crippen molar-refractivity contribution in [3.63, 3.8) is 0 Å². The van der Waals surface area contributed by atoms with Gasteiger partial charge in [0.1, 0.15) is 5.75 Å². The van der Waals surface area contributed by atoms with Gasteiger partial charge in [0, 0.05) is 12.6 Å². The number of aromatic nitrogens is 1. The van der Waals surface area contributed by atoms with Gasteiger partial charge in [-0.05, 0) is 63.4 Å². The molecule has 156 valence electrons. The second-order valence-corrected chi connectivity index (χ2v) is 9.76. The zero-order valence-electron chi connectivity index (χ0n) is 16.8. The number of hydrogen-bond acceptors (Lipinski definition) is 5. The fourth-order valence-corrected chi connectivity index (χ4v) is 5.48. The molecular formula is C21H26N2O4S2. The topological polar surface area (TPSA) is 77.4 Å². The third kappa shape index (κ3) is 4.88. The molecule has 1 N–H and O–H groups in total. The van der Waals surface area contributed by atoms with Crippen LogP contribution < -0.4 is 14.3 Å². The van der Waals surface area contributed by atoms with Crippen molar-refractivity contribution in [2.45, 2.75) is 44.6 Å². The molecule has 1 heterocycles. The first kappa shape index (κ1) is 21.5. The molecule has 0 aliphatic carbocycles. The molecule has 0 fully saturated rings. The Labute approximate surface area is 175 Å². The number of ether oxygens (including phenoxy) is 1. The summed E-state index contributed by atoms with van der Waals surface area (Å²) >= 11 is 1.07. The van der Waals surface area contributed by atoms with E-state index in [4.69, 9.17) is 4.74 Å². The highest BCUT2D eigenvalue weighted by molar-refractivity contribution is 7.89. The van der Waals surface area contributed by atoms with Crippen LogP contribution in [0.5, 0.6) is 5.75 Å². The maximum Gasteiger partial charge on any atom is 0.308 e. The second-order valence-electron chi connectivity index (χ2n) is 7.00. The summed E-state index contributed by atoms with van der Waals surface area (Å²) in [4.78, 5) is 12.3. The van der Waals surface area contributed by atoms with Crippen molar-refractivity contribution in [2.24, 2.45) is 0 Å². The molecule has 0 saturated carbocycles. The van der Waals surface area contributed by atoms with Gasteiger partial charge in [0.05, 0.1) is 21.7 Å². The summed E-state index contributed by atoms with van der Waals surface area (Å²) in [6, 6.07) is 12.7. The van der Waals surface area contributed by atoms with E-state index in [1.807, 2.05) is 45.0 Å². The first-order valence-electron chi connectivity index (χ1n) is 9.69. The Morgan fingerprint density at radius 2 is 1.93 bits per heavy atom. The molecule has 0 unspecified atom stereocenters. The van der Waals surface area contributed by atoms with Crippen molar-refractivity contribution in [2.75, 3.05) is 13.2 Å². The molecule has 0 saturated heterocycles. The largest absolute Gasteiger partial charge is 0.494 e. The quantitative estimate of drug-likeness (QED) is 0.517. The number of benzene rings is 2. The molecule has 1 aromatic heterocycles. The highest BCUT2D eigenvalue weighted by Gasteiger charge is 2.17. The van der Waals surface area contributed by atoms with Crippen molar-refractivity contribution >= 4 is 31.6 Å². The molecule has 6 nitrogen and oxygen atoms in total. The zero-order valence-corrected chi connectivity index (χ0v) is 18.5. The first-order valence-corrected chi connectivity index (χ1v) is 12.0. The minimum absolute atomic E-state index is 0.0244. The lowest BCUT2D eigenvalue weighted by molar-refractivity contribution is 0.336. The monoisotopic (exact) mass is 434 g/mol. The fourth-order valence-electron chi connectivity index (χ4n) is 3.25. The van der Waals surface area contributed by atoms with E-state index < -0.39 is 10.0 Å². The number of nitrogens with zero attached hydrogens (tertiary/aromatic N) is 1. The Bertz CT molecular complexity index is 1150. The number of sulfonamides is 1. The molecule has 0 amide bonds. The normalized spacial score (nSPS) is 12.0. The standard InChI is InChI=1S/C21H26N2O4S2/c1-4-27-19-10-6-5-8-16(19)9-7-13-22-29(25,26)17-11-12-18-20(14-17)28-21(24)23(18)15(2)3/h5-6,8,10-12,14-15,22H,4,7,9,13H2,1-3H3. The van der Waals surface area contributed by atoms with Crippen molar-refractivity contribution in [3.05, 3.63) is 57.7 Å². The summed E-state index contributed by atoms with van der Waals surface area (Å²) < 4.78 is 36.0. The number of aryl methyl sites for hydroxylation is 1. The van der Waals surface area contributed by atoms with Crippen LogP contribution in [0.15, 0.2) is 52.2 Å². The van der Waals surface area contributed by atoms with Gasteiger partial charge in [0.2, 0.25) is 10.0 Å². The average molecular weight is 435 g/mol. The van der Waals surface area contributed by atoms with Gasteiger partial charge in [0.15, 0.2) is 0 Å². The molecular weight excluding hydrogens is 408 g/mol. The Hall–Kier alpha value is -2.16. The van der Waals surface area contributed by atoms with Gasteiger partial charge in [-0.3, -0.25) is 9.36 Å². The molecule has 0 atom stereocenters. The van der Waals surface area contributed by atoms with E-state index in [0.717, 1.165) is 34.6 Å². The highest BCUT2D eigenvalue weighted by Crippen LogP contribution is 2.24. The summed E-state index contributed by atoms with van der Waals surface area (Å²) in [6.07, 6.45) is 1.37. The Morgan fingerprint density at radius 1 is 1.17 bits per heavy atom. The van der Waals surface area contributed by atoms with E-state index in [0.29, 0.717) is 24.3 Å². The van der Waals surface area contributed by atoms with E-state index in [2.05, 4.69) is 4.72 Å². The van der Waals surface area contributed by atoms with Crippen LogP contribution in [-0.2, 0) is 16.4 Å². The van der Waals surface area contributed by atoms with E-state index in [1.54, 1.807) is 22.8 Å². The maximum atomic E-state index is 12.7. The second kappa shape index (κ2) is 9.11. The van der Waals surface area contributed by atoms with Crippen LogP contribution in [0.25, 0.3) is 10.2 Å². The van der Waals surface area contributed by atoms with Gasteiger partial charge in [0.25, 0.3) is 0 Å². The van der Waals surface area contributed by atoms with E-state index in [-0.39, 0.29) is 15.8 Å². The third-order valence-electron chi connectivity index (χ3n) is 4.60. The van der Waals surface area contributed by atoms with Crippen LogP contribution in [0.3, 0.4) is 0 Å². The number of nitrogens with one attached hydrogen (secondary N) is 1. The number of hydrogen-bond donors (Lipinski definition) is 1. The maximum absolute atomic E-state index is 12.7. The number of rotatable bonds is 9. The Kier molecular flexibility index (Phi) is 6.77. The average Bonchev–Trinajstić information content (AvgIpc) is 3.01. The Balaban J connectivity index is 1.68. The van der Waals surface area contributed by atoms with Crippen LogP contribution in [-0.4, -0.2) is 26.1 Å². The van der Waals surface area contributed by atoms with Crippen molar-refractivity contribution < 1.29 is 13.2 Å². The zero-order chi connectivity index (χ0) is 21.0. The first-order chi connectivity index (χ1) is 13.8. The number of fused-ring (bicyclic) bond motifs is 1. The molecule has 0 spiro atoms. The summed E-state index contributed by atoms with van der Waals surface area (Å²) in [5.41, 5.74) is 1.83. The van der Waals surface area contributed by atoms with Gasteiger partial charge in [-0.2, -0.15) is 0 Å². The lowest BCUT2D eigenvalue weighted by atomic mass is 10.1. The minimum atomic E-state index is -3.64. The van der Waals surface area contributed by atoms with Crippen LogP contribution >= 0.6 is 11.3 Å². The van der Waals surface area contributed by atoms with E-state index >= 15 is 0 Å². The summed E-state index contributed by atoms with van der Waals surface area (Å²) in [6.45, 7) is 6.72. The van der Waals surface area contributed by atoms with Gasteiger partial charge in [-0.25, -0.2) is 13.1 Å². The predicted molar refractivity (Wildman–Crippen MR) is 118 cm³/mol. The molecule has 2 aromatic carbocycles. The Morgan fingerprint density at radius 3 is 2.66 bits per heavy atom. The summed E-state index contributed by atoms with van der Waals surface area (Å²) in [7, 11) is -3.64. The van der Waals surface area contributed by atoms with Crippen LogP contribution in [0.4, 0.5) is 0 Å². The highest BCUT2D eigenvalue weighted by atomic mass is 32.2. The van der Waals surface area contributed by atoms with Crippen LogP contribution in [0.1, 0.15) is 38.8 Å². The summed E-state index contributed by atoms with van der Waals surface area (Å²) in [5, 5.41) is 0. The molecule has 0 aliphatic rings. The van der Waals surface area contributed by atoms with Gasteiger partial charge in [-0.15, -0.1) is 0 Å². The van der Waals surface area contributed by atoms with Crippen molar-refractivity contribution in [1.29, 1.82) is 0 Å². The molecule has 3 rings (SSSR count). The fraction of sp³-hybridized carbons (Fsp3) is 0.381. The van der Waals surface area contributed by atoms with Crippen LogP contribution in [0.2, 0.25) is 0 Å². The number of thiazole rings is 1. The molecule has 0 bridgehead atoms. The van der Waals surface area contributed by atoms with E-state index in [9.17, 15) is 13.2 Å². The van der Waals surface area contributed by atoms with Crippen molar-refractivity contribution in [3.8, 4) is 5.75 Å². The molecule has 8 heteroatoms. The minimum Gasteiger partial charge on any atom is -0.494 e. The lowest BCUT2D eigenvalue weighted by Crippen LogP contribution is -2.25. The summed E-state index contributed by atoms with van der Waals surface area (Å²) in [5.74, 6) is 0.841. The van der Waals surface area contributed by atoms with Crippen LogP contribution in [0, 0.1) is 0 Å². The lowest BCUT2D eigenvalue weighted by Gasteiger charge is -2.11. The van der Waals surface area contributed by atoms with Gasteiger partial charge < -0.3 is 4.74 Å². The molecule has 29 heavy (non-hydrogen) atoms. The smallest absolute Gasteiger partial charge is 0.308 e. The van der Waals surface area contributed by atoms with Gasteiger partial charge in [-0.1, -0.05) is 29.5 Å². The number of para-hydroxylation sites is 1. The van der Waals surface area contributed by atoms with Gasteiger partial charge >= 0.3 is 4.87 Å². The third-order valence-corrected chi connectivity index (χ3v) is 6.98. The van der Waals surface area contributed by atoms with Crippen molar-refractivity contribution in [1.82, 2.24) is 9.29 Å². The SMILES string of the molecule is CCOc1ccccc1CCCNS(=O)(=O)c1ccc2c(c1)sc(=O)n2C(C)C. The predicted octanol–water partition coefficient (Wildman–Crippen LogP) is 3.95.